The molecule has 4 rings (SSSR count). The standard InChI is InChI=1S/C40H63N3O9S/c1-22(2)8-7-9-23(3)27-16-17-40(5)24(4)28-12-10-25-18-26(11-13-29(25)30(28)19-31(27)40)52-38(49)34(44)21-53-20-33(36(46)43(6)39(50)51)42-35(45)15-14-32(41)37(47)48/h10,22-24,26-33H,7-9,11-21,41H2,1-6H3,(H,42,45)(H,47,48)(H,50,51)/t23?,24?,26?,27-,28?,29?,30?,31?,32?,33?,40?/m0/s1. The van der Waals surface area contributed by atoms with E-state index in [0.717, 1.165) is 55.3 Å². The Morgan fingerprint density at radius 1 is 1.06 bits per heavy atom. The molecule has 0 heterocycles. The highest BCUT2D eigenvalue weighted by atomic mass is 32.2. The lowest BCUT2D eigenvalue weighted by molar-refractivity contribution is -0.158. The fourth-order valence-electron chi connectivity index (χ4n) is 10.2. The van der Waals surface area contributed by atoms with E-state index < -0.39 is 47.7 Å². The summed E-state index contributed by atoms with van der Waals surface area (Å²) < 4.78 is 5.74. The van der Waals surface area contributed by atoms with Gasteiger partial charge in [-0.25, -0.2) is 14.5 Å². The number of ether oxygens (including phenoxy) is 1. The topological polar surface area (TPSA) is 193 Å². The SMILES string of the molecule is CC(C)CCCC(C)[C@@H]1CCC2(C)C(C)C3CC=C4CC(OC(=O)C(=O)CSCC(NC(=O)CCC(N)C(=O)O)C(=O)N(C)C(=O)O)CCC4C3CC12. The van der Waals surface area contributed by atoms with Gasteiger partial charge in [0.05, 0.1) is 5.75 Å². The molecule has 0 aromatic rings. The molecule has 0 bridgehead atoms. The Kier molecular flexibility index (Phi) is 15.0. The van der Waals surface area contributed by atoms with Crippen molar-refractivity contribution >= 4 is 47.4 Å². The molecule has 0 aromatic carbocycles. The number of nitrogens with one attached hydrogen (secondary N) is 1. The molecule has 11 atom stereocenters. The van der Waals surface area contributed by atoms with Crippen molar-refractivity contribution in [2.24, 2.45) is 58.5 Å². The van der Waals surface area contributed by atoms with Crippen molar-refractivity contribution in [1.82, 2.24) is 10.2 Å². The molecular weight excluding hydrogens is 699 g/mol. The second kappa shape index (κ2) is 18.6. The average molecular weight is 762 g/mol. The largest absolute Gasteiger partial charge is 0.480 e. The van der Waals surface area contributed by atoms with Gasteiger partial charge in [-0.05, 0) is 97.7 Å². The number of carboxylic acid groups (broad SMARTS) is 2. The van der Waals surface area contributed by atoms with E-state index >= 15 is 0 Å². The smallest absolute Gasteiger partial charge is 0.413 e. The molecule has 4 aliphatic carbocycles. The van der Waals surface area contributed by atoms with E-state index in [2.05, 4.69) is 46.0 Å². The van der Waals surface area contributed by atoms with Crippen LogP contribution in [-0.4, -0.2) is 87.5 Å². The first-order valence-electron chi connectivity index (χ1n) is 19.7. The number of imide groups is 1. The minimum Gasteiger partial charge on any atom is -0.480 e. The number of aliphatic carboxylic acids is 1. The number of rotatable bonds is 17. The zero-order valence-corrected chi connectivity index (χ0v) is 33.3. The Bertz CT molecular complexity index is 1400. The number of nitrogens with zero attached hydrogens (tertiary/aromatic N) is 1. The first-order valence-corrected chi connectivity index (χ1v) is 20.9. The summed E-state index contributed by atoms with van der Waals surface area (Å²) in [4.78, 5) is 73.7. The fourth-order valence-corrected chi connectivity index (χ4v) is 11.1. The lowest BCUT2D eigenvalue weighted by Crippen LogP contribution is -2.50. The highest BCUT2D eigenvalue weighted by Crippen LogP contribution is 2.65. The van der Waals surface area contributed by atoms with Crippen molar-refractivity contribution in [2.45, 2.75) is 130 Å². The molecule has 3 amide bonds. The summed E-state index contributed by atoms with van der Waals surface area (Å²) in [5.74, 6) is 0.382. The maximum atomic E-state index is 12.9. The maximum Gasteiger partial charge on any atom is 0.413 e. The number of allylic oxidation sites excluding steroid dienone is 1. The van der Waals surface area contributed by atoms with Crippen LogP contribution in [-0.2, 0) is 28.7 Å². The Morgan fingerprint density at radius 3 is 2.43 bits per heavy atom. The number of Topliss-reactive ketones (excluding diaryl/α,β-unsaturated/α-hetero) is 1. The van der Waals surface area contributed by atoms with Gasteiger partial charge < -0.3 is 26.0 Å². The van der Waals surface area contributed by atoms with Crippen LogP contribution in [0.5, 0.6) is 0 Å². The Balaban J connectivity index is 1.30. The summed E-state index contributed by atoms with van der Waals surface area (Å²) >= 11 is 0.898. The number of hydrogen-bond acceptors (Lipinski definition) is 9. The third-order valence-corrected chi connectivity index (χ3v) is 14.5. The molecule has 0 saturated heterocycles. The summed E-state index contributed by atoms with van der Waals surface area (Å²) in [5, 5.41) is 20.6. The van der Waals surface area contributed by atoms with Crippen LogP contribution >= 0.6 is 11.8 Å². The first kappa shape index (κ1) is 42.8. The van der Waals surface area contributed by atoms with Gasteiger partial charge in [0, 0.05) is 25.6 Å². The van der Waals surface area contributed by atoms with E-state index in [-0.39, 0.29) is 30.5 Å². The van der Waals surface area contributed by atoms with Crippen LogP contribution < -0.4 is 11.1 Å². The van der Waals surface area contributed by atoms with E-state index in [9.17, 15) is 33.9 Å². The molecule has 5 N–H and O–H groups in total. The first-order chi connectivity index (χ1) is 24.9. The molecule has 3 fully saturated rings. The second-order valence-corrected chi connectivity index (χ2v) is 18.2. The fraction of sp³-hybridized carbons (Fsp3) is 0.800. The van der Waals surface area contributed by atoms with Gasteiger partial charge in [0.1, 0.15) is 18.2 Å². The van der Waals surface area contributed by atoms with Gasteiger partial charge in [0.15, 0.2) is 0 Å². The summed E-state index contributed by atoms with van der Waals surface area (Å²) in [6, 6.07) is -2.61. The molecule has 298 valence electrons. The van der Waals surface area contributed by atoms with E-state index in [4.69, 9.17) is 15.6 Å². The van der Waals surface area contributed by atoms with E-state index in [1.54, 1.807) is 0 Å². The number of ketones is 1. The predicted octanol–water partition coefficient (Wildman–Crippen LogP) is 5.91. The molecule has 3 saturated carbocycles. The molecule has 0 aromatic heterocycles. The van der Waals surface area contributed by atoms with Gasteiger partial charge in [-0.1, -0.05) is 65.5 Å². The van der Waals surface area contributed by atoms with Gasteiger partial charge in [0.2, 0.25) is 11.7 Å². The minimum absolute atomic E-state index is 0.189. The third-order valence-electron chi connectivity index (χ3n) is 13.5. The maximum absolute atomic E-state index is 12.9. The van der Waals surface area contributed by atoms with Crippen molar-refractivity contribution in [3.8, 4) is 0 Å². The molecule has 12 nitrogen and oxygen atoms in total. The molecule has 13 heteroatoms. The highest BCUT2D eigenvalue weighted by molar-refractivity contribution is 8.00. The number of carbonyl (C=O) groups is 6. The molecular formula is C40H63N3O9S. The van der Waals surface area contributed by atoms with Crippen LogP contribution in [0.4, 0.5) is 4.79 Å². The van der Waals surface area contributed by atoms with Crippen molar-refractivity contribution in [1.29, 1.82) is 0 Å². The molecule has 53 heavy (non-hydrogen) atoms. The lowest BCUT2D eigenvalue weighted by atomic mass is 9.49. The van der Waals surface area contributed by atoms with Crippen LogP contribution in [0, 0.1) is 52.8 Å². The number of fused-ring (bicyclic) bond motifs is 4. The molecule has 0 spiro atoms. The van der Waals surface area contributed by atoms with E-state index in [1.807, 2.05) is 0 Å². The van der Waals surface area contributed by atoms with Gasteiger partial charge >= 0.3 is 18.0 Å². The minimum atomic E-state index is -1.54. The Hall–Kier alpha value is -2.93. The number of thioether (sulfide) groups is 1. The zero-order valence-electron chi connectivity index (χ0n) is 32.5. The van der Waals surface area contributed by atoms with Crippen LogP contribution in [0.2, 0.25) is 0 Å². The molecule has 4 aliphatic rings. The average Bonchev–Trinajstić information content (AvgIpc) is 3.46. The Morgan fingerprint density at radius 2 is 1.77 bits per heavy atom. The monoisotopic (exact) mass is 761 g/mol. The van der Waals surface area contributed by atoms with E-state index in [0.29, 0.717) is 46.8 Å². The summed E-state index contributed by atoms with van der Waals surface area (Å²) in [6.45, 7) is 12.2. The number of likely N-dealkylation sites (N-methyl/N-ethyl adjacent to an activating group) is 1. The van der Waals surface area contributed by atoms with Crippen molar-refractivity contribution in [3.63, 3.8) is 0 Å². The quantitative estimate of drug-likeness (QED) is 0.0782. The molecule has 0 radical (unpaired) electrons. The number of amides is 3. The third kappa shape index (κ3) is 10.4. The molecule has 0 aliphatic heterocycles. The van der Waals surface area contributed by atoms with Gasteiger partial charge in [-0.15, -0.1) is 0 Å². The van der Waals surface area contributed by atoms with Gasteiger partial charge in [0.25, 0.3) is 5.91 Å². The number of hydrogen-bond donors (Lipinski definition) is 4. The summed E-state index contributed by atoms with van der Waals surface area (Å²) in [5.41, 5.74) is 7.22. The van der Waals surface area contributed by atoms with Crippen LogP contribution in [0.1, 0.15) is 112 Å². The van der Waals surface area contributed by atoms with Crippen molar-refractivity contribution in [3.05, 3.63) is 11.6 Å². The van der Waals surface area contributed by atoms with Gasteiger partial charge in [-0.3, -0.25) is 19.2 Å². The zero-order chi connectivity index (χ0) is 39.2. The van der Waals surface area contributed by atoms with Crippen LogP contribution in [0.3, 0.4) is 0 Å². The normalized spacial score (nSPS) is 30.8. The van der Waals surface area contributed by atoms with E-state index in [1.165, 1.54) is 44.1 Å². The number of carbonyl (C=O) groups excluding carboxylic acids is 4. The second-order valence-electron chi connectivity index (χ2n) is 17.1. The molecule has 10 unspecified atom stereocenters. The van der Waals surface area contributed by atoms with Crippen LogP contribution in [0.15, 0.2) is 11.6 Å². The lowest BCUT2D eigenvalue weighted by Gasteiger charge is -2.56. The number of carboxylic acids is 1. The summed E-state index contributed by atoms with van der Waals surface area (Å²) in [7, 11) is 1.03. The van der Waals surface area contributed by atoms with Crippen molar-refractivity contribution < 1.29 is 43.7 Å². The number of esters is 1. The van der Waals surface area contributed by atoms with Gasteiger partial charge in [-0.2, -0.15) is 11.8 Å². The van der Waals surface area contributed by atoms with Crippen molar-refractivity contribution in [2.75, 3.05) is 18.6 Å². The Labute approximate surface area is 319 Å². The summed E-state index contributed by atoms with van der Waals surface area (Å²) in [6.07, 6.45) is 11.2. The van der Waals surface area contributed by atoms with Crippen LogP contribution in [0.25, 0.3) is 0 Å². The predicted molar refractivity (Wildman–Crippen MR) is 203 cm³/mol. The number of nitrogens with two attached hydrogens (primary N) is 1. The highest BCUT2D eigenvalue weighted by Gasteiger charge is 2.58.